The van der Waals surface area contributed by atoms with E-state index in [-0.39, 0.29) is 0 Å². The second-order valence-corrected chi connectivity index (χ2v) is 7.38. The van der Waals surface area contributed by atoms with E-state index >= 15 is 0 Å². The molecule has 0 spiro atoms. The number of aryl methyl sites for hydroxylation is 1. The van der Waals surface area contributed by atoms with Crippen LogP contribution in [0.3, 0.4) is 0 Å². The first kappa shape index (κ1) is 21.0. The van der Waals surface area contributed by atoms with Gasteiger partial charge in [-0.1, -0.05) is 54.6 Å². The molecule has 3 rings (SSSR count). The fourth-order valence-electron chi connectivity index (χ4n) is 4.32. The van der Waals surface area contributed by atoms with Crippen LogP contribution in [0.15, 0.2) is 66.7 Å². The molecule has 0 amide bonds. The number of para-hydroxylation sites is 2. The summed E-state index contributed by atoms with van der Waals surface area (Å²) in [6.07, 6.45) is 0. The monoisotopic (exact) mass is 386 g/mol. The molecule has 0 aromatic heterocycles. The van der Waals surface area contributed by atoms with Crippen molar-refractivity contribution in [3.63, 3.8) is 0 Å². The largest absolute Gasteiger partial charge is 0.372 e. The Hall–Kier alpha value is -2.74. The Balaban J connectivity index is 2.28. The van der Waals surface area contributed by atoms with Crippen molar-refractivity contribution in [1.82, 2.24) is 0 Å². The summed E-state index contributed by atoms with van der Waals surface area (Å²) >= 11 is 0. The van der Waals surface area contributed by atoms with Gasteiger partial charge in [0, 0.05) is 48.7 Å². The summed E-state index contributed by atoms with van der Waals surface area (Å²) in [5.41, 5.74) is 9.22. The highest BCUT2D eigenvalue weighted by atomic mass is 15.1. The zero-order valence-corrected chi connectivity index (χ0v) is 18.6. The first-order valence-electron chi connectivity index (χ1n) is 10.9. The Morgan fingerprint density at radius 1 is 0.517 bits per heavy atom. The van der Waals surface area contributed by atoms with Gasteiger partial charge in [-0.05, 0) is 63.4 Å². The molecule has 2 heteroatoms. The molecule has 0 heterocycles. The number of anilines is 2. The van der Waals surface area contributed by atoms with E-state index in [0.29, 0.717) is 0 Å². The Kier molecular flexibility index (Phi) is 6.98. The van der Waals surface area contributed by atoms with E-state index in [2.05, 4.69) is 111 Å². The minimum atomic E-state index is 1.00. The van der Waals surface area contributed by atoms with Gasteiger partial charge in [0.25, 0.3) is 0 Å². The average molecular weight is 387 g/mol. The molecule has 0 aliphatic heterocycles. The Labute approximate surface area is 176 Å². The third-order valence-corrected chi connectivity index (χ3v) is 5.85. The molecule has 2 nitrogen and oxygen atoms in total. The topological polar surface area (TPSA) is 6.48 Å². The summed E-state index contributed by atoms with van der Waals surface area (Å²) in [7, 11) is 0. The SMILES string of the molecule is CCN(CC)c1ccccc1-c1cccc(C)c1-c1ccccc1N(CC)CC. The minimum Gasteiger partial charge on any atom is -0.372 e. The van der Waals surface area contributed by atoms with Gasteiger partial charge >= 0.3 is 0 Å². The average Bonchev–Trinajstić information content (AvgIpc) is 2.76. The fourth-order valence-corrected chi connectivity index (χ4v) is 4.32. The second kappa shape index (κ2) is 9.65. The van der Waals surface area contributed by atoms with E-state index in [1.165, 1.54) is 39.2 Å². The third kappa shape index (κ3) is 4.17. The van der Waals surface area contributed by atoms with Crippen molar-refractivity contribution < 1.29 is 0 Å². The molecule has 0 aliphatic carbocycles. The van der Waals surface area contributed by atoms with Crippen molar-refractivity contribution in [3.8, 4) is 22.3 Å². The van der Waals surface area contributed by atoms with Gasteiger partial charge in [-0.15, -0.1) is 0 Å². The lowest BCUT2D eigenvalue weighted by atomic mass is 9.89. The smallest absolute Gasteiger partial charge is 0.0446 e. The van der Waals surface area contributed by atoms with Crippen LogP contribution in [0.5, 0.6) is 0 Å². The summed E-state index contributed by atoms with van der Waals surface area (Å²) in [4.78, 5) is 4.89. The Morgan fingerprint density at radius 3 is 1.52 bits per heavy atom. The van der Waals surface area contributed by atoms with E-state index in [1.54, 1.807) is 0 Å². The Morgan fingerprint density at radius 2 is 0.966 bits per heavy atom. The van der Waals surface area contributed by atoms with E-state index in [9.17, 15) is 0 Å². The molecule has 0 aliphatic rings. The molecule has 0 unspecified atom stereocenters. The maximum atomic E-state index is 2.45. The lowest BCUT2D eigenvalue weighted by Gasteiger charge is -2.28. The van der Waals surface area contributed by atoms with Gasteiger partial charge in [-0.2, -0.15) is 0 Å². The van der Waals surface area contributed by atoms with Crippen LogP contribution in [0.2, 0.25) is 0 Å². The first-order valence-corrected chi connectivity index (χ1v) is 10.9. The van der Waals surface area contributed by atoms with E-state index in [1.807, 2.05) is 0 Å². The molecular weight excluding hydrogens is 352 g/mol. The molecule has 0 radical (unpaired) electrons. The van der Waals surface area contributed by atoms with Crippen molar-refractivity contribution in [2.24, 2.45) is 0 Å². The van der Waals surface area contributed by atoms with Crippen molar-refractivity contribution in [1.29, 1.82) is 0 Å². The summed E-state index contributed by atoms with van der Waals surface area (Å²) < 4.78 is 0. The molecule has 0 bridgehead atoms. The maximum absolute atomic E-state index is 2.45. The number of hydrogen-bond donors (Lipinski definition) is 0. The van der Waals surface area contributed by atoms with Crippen LogP contribution < -0.4 is 9.80 Å². The molecule has 3 aromatic carbocycles. The summed E-state index contributed by atoms with van der Waals surface area (Å²) in [6, 6.07) is 24.4. The lowest BCUT2D eigenvalue weighted by molar-refractivity contribution is 0.866. The van der Waals surface area contributed by atoms with Gasteiger partial charge in [0.05, 0.1) is 0 Å². The molecule has 3 aromatic rings. The zero-order chi connectivity index (χ0) is 20.8. The standard InChI is InChI=1S/C27H34N2/c1-6-28(7-2)25-19-12-10-16-22(25)23-18-14-15-21(5)27(23)24-17-11-13-20-26(24)29(8-3)9-4/h10-20H,6-9H2,1-5H3. The first-order chi connectivity index (χ1) is 14.2. The van der Waals surface area contributed by atoms with Crippen LogP contribution in [0.1, 0.15) is 33.3 Å². The van der Waals surface area contributed by atoms with Crippen molar-refractivity contribution in [2.45, 2.75) is 34.6 Å². The third-order valence-electron chi connectivity index (χ3n) is 5.85. The maximum Gasteiger partial charge on any atom is 0.0446 e. The fraction of sp³-hybridized carbons (Fsp3) is 0.333. The Bertz CT molecular complexity index is 937. The van der Waals surface area contributed by atoms with Gasteiger partial charge in [-0.3, -0.25) is 0 Å². The van der Waals surface area contributed by atoms with Crippen LogP contribution in [-0.2, 0) is 0 Å². The number of nitrogens with zero attached hydrogens (tertiary/aromatic N) is 2. The quantitative estimate of drug-likeness (QED) is 0.410. The highest BCUT2D eigenvalue weighted by Crippen LogP contribution is 2.42. The predicted molar refractivity (Wildman–Crippen MR) is 129 cm³/mol. The van der Waals surface area contributed by atoms with Gasteiger partial charge in [0.15, 0.2) is 0 Å². The molecule has 0 N–H and O–H groups in total. The van der Waals surface area contributed by atoms with E-state index < -0.39 is 0 Å². The van der Waals surface area contributed by atoms with Crippen LogP contribution in [0.25, 0.3) is 22.3 Å². The van der Waals surface area contributed by atoms with Crippen molar-refractivity contribution >= 4 is 11.4 Å². The molecule has 0 saturated heterocycles. The number of rotatable bonds is 8. The molecular formula is C27H34N2. The van der Waals surface area contributed by atoms with Crippen LogP contribution in [-0.4, -0.2) is 26.2 Å². The minimum absolute atomic E-state index is 1.00. The molecule has 152 valence electrons. The van der Waals surface area contributed by atoms with Crippen LogP contribution >= 0.6 is 0 Å². The summed E-state index contributed by atoms with van der Waals surface area (Å²) in [5.74, 6) is 0. The van der Waals surface area contributed by atoms with Gasteiger partial charge in [0.2, 0.25) is 0 Å². The highest BCUT2D eigenvalue weighted by Gasteiger charge is 2.18. The van der Waals surface area contributed by atoms with Gasteiger partial charge in [-0.25, -0.2) is 0 Å². The number of hydrogen-bond acceptors (Lipinski definition) is 2. The summed E-state index contributed by atoms with van der Waals surface area (Å²) in [5, 5.41) is 0. The van der Waals surface area contributed by atoms with Crippen molar-refractivity contribution in [2.75, 3.05) is 36.0 Å². The summed E-state index contributed by atoms with van der Waals surface area (Å²) in [6.45, 7) is 15.2. The second-order valence-electron chi connectivity index (χ2n) is 7.38. The van der Waals surface area contributed by atoms with Gasteiger partial charge in [0.1, 0.15) is 0 Å². The van der Waals surface area contributed by atoms with E-state index in [0.717, 1.165) is 26.2 Å². The predicted octanol–water partition coefficient (Wildman–Crippen LogP) is 7.02. The molecule has 0 atom stereocenters. The van der Waals surface area contributed by atoms with E-state index in [4.69, 9.17) is 0 Å². The molecule has 0 fully saturated rings. The number of benzene rings is 3. The lowest BCUT2D eigenvalue weighted by Crippen LogP contribution is -2.23. The molecule has 0 saturated carbocycles. The van der Waals surface area contributed by atoms with Crippen molar-refractivity contribution in [3.05, 3.63) is 72.3 Å². The van der Waals surface area contributed by atoms with Gasteiger partial charge < -0.3 is 9.80 Å². The molecule has 29 heavy (non-hydrogen) atoms. The zero-order valence-electron chi connectivity index (χ0n) is 18.6. The normalized spacial score (nSPS) is 10.8. The van der Waals surface area contributed by atoms with Crippen LogP contribution in [0, 0.1) is 6.92 Å². The van der Waals surface area contributed by atoms with Crippen LogP contribution in [0.4, 0.5) is 11.4 Å². The highest BCUT2D eigenvalue weighted by molar-refractivity contribution is 5.94.